The lowest BCUT2D eigenvalue weighted by Gasteiger charge is -2.36. The van der Waals surface area contributed by atoms with Crippen LogP contribution in [0.5, 0.6) is 5.75 Å². The maximum absolute atomic E-state index is 13.2. The van der Waals surface area contributed by atoms with Crippen LogP contribution in [0.15, 0.2) is 60.8 Å². The number of piperidine rings is 1. The first-order chi connectivity index (χ1) is 20.9. The summed E-state index contributed by atoms with van der Waals surface area (Å²) in [5.74, 6) is -6.09. The van der Waals surface area contributed by atoms with Gasteiger partial charge in [0.05, 0.1) is 24.0 Å². The molecule has 4 rings (SSSR count). The Morgan fingerprint density at radius 2 is 1.73 bits per heavy atom. The SMILES string of the molecule is CC(C)COC(=O)N1CCC(C(=O)Nc2ccc(COc3ccnc4ccccc34)cc2)C(C(=O)NOC(=O)C(F)(F)F)C1. The van der Waals surface area contributed by atoms with Gasteiger partial charge in [0.25, 0.3) is 5.91 Å². The molecule has 1 aromatic heterocycles. The number of amides is 3. The number of rotatable bonds is 8. The van der Waals surface area contributed by atoms with Gasteiger partial charge in [0, 0.05) is 30.4 Å². The van der Waals surface area contributed by atoms with Crippen molar-refractivity contribution in [2.75, 3.05) is 25.0 Å². The first kappa shape index (κ1) is 32.0. The molecule has 14 heteroatoms. The van der Waals surface area contributed by atoms with Gasteiger partial charge in [-0.1, -0.05) is 38.1 Å². The fraction of sp³-hybridized carbons (Fsp3) is 0.367. The van der Waals surface area contributed by atoms with E-state index in [1.54, 1.807) is 36.5 Å². The van der Waals surface area contributed by atoms with E-state index >= 15 is 0 Å². The van der Waals surface area contributed by atoms with Crippen LogP contribution in [0.1, 0.15) is 25.8 Å². The van der Waals surface area contributed by atoms with Crippen LogP contribution in [0.4, 0.5) is 23.7 Å². The summed E-state index contributed by atoms with van der Waals surface area (Å²) in [6.45, 7) is 3.73. The standard InChI is InChI=1S/C30H31F3N4O7/c1-18(2)16-43-29(41)37-14-12-21(23(15-37)27(39)36-44-28(40)30(31,32)33)26(38)35-20-9-7-19(8-10-20)17-42-25-11-13-34-24-6-4-3-5-22(24)25/h3-11,13,18,21,23H,12,14-17H2,1-2H3,(H,35,38)(H,36,39). The minimum atomic E-state index is -5.34. The predicted molar refractivity (Wildman–Crippen MR) is 151 cm³/mol. The number of halogens is 3. The van der Waals surface area contributed by atoms with Crippen LogP contribution in [0.2, 0.25) is 0 Å². The van der Waals surface area contributed by atoms with Crippen LogP contribution < -0.4 is 15.5 Å². The molecule has 0 saturated carbocycles. The lowest BCUT2D eigenvalue weighted by atomic mass is 9.84. The molecule has 0 aliphatic carbocycles. The second-order valence-electron chi connectivity index (χ2n) is 10.6. The number of alkyl halides is 3. The molecule has 0 bridgehead atoms. The Labute approximate surface area is 250 Å². The number of fused-ring (bicyclic) bond motifs is 1. The van der Waals surface area contributed by atoms with Gasteiger partial charge in [-0.15, -0.1) is 0 Å². The van der Waals surface area contributed by atoms with Crippen LogP contribution in [-0.2, 0) is 30.6 Å². The third-order valence-electron chi connectivity index (χ3n) is 6.79. The van der Waals surface area contributed by atoms with Crippen molar-refractivity contribution in [2.45, 2.75) is 33.1 Å². The van der Waals surface area contributed by atoms with Crippen LogP contribution in [0, 0.1) is 17.8 Å². The van der Waals surface area contributed by atoms with Gasteiger partial charge in [-0.2, -0.15) is 18.7 Å². The lowest BCUT2D eigenvalue weighted by Crippen LogP contribution is -2.53. The highest BCUT2D eigenvalue weighted by molar-refractivity contribution is 5.96. The maximum atomic E-state index is 13.2. The molecule has 0 spiro atoms. The van der Waals surface area contributed by atoms with Gasteiger partial charge in [-0.25, -0.2) is 9.59 Å². The number of nitrogens with zero attached hydrogens (tertiary/aromatic N) is 2. The number of ether oxygens (including phenoxy) is 2. The van der Waals surface area contributed by atoms with E-state index in [0.717, 1.165) is 16.5 Å². The van der Waals surface area contributed by atoms with Crippen molar-refractivity contribution >= 4 is 40.5 Å². The molecule has 2 N–H and O–H groups in total. The van der Waals surface area contributed by atoms with E-state index in [-0.39, 0.29) is 38.6 Å². The second-order valence-corrected chi connectivity index (χ2v) is 10.6. The number of para-hydroxylation sites is 1. The monoisotopic (exact) mass is 616 g/mol. The topological polar surface area (TPSA) is 136 Å². The van der Waals surface area contributed by atoms with Gasteiger partial charge in [0.15, 0.2) is 0 Å². The minimum Gasteiger partial charge on any atom is -0.488 e. The number of hydrogen-bond donors (Lipinski definition) is 2. The van der Waals surface area contributed by atoms with Gasteiger partial charge < -0.3 is 24.5 Å². The van der Waals surface area contributed by atoms with Crippen molar-refractivity contribution in [1.29, 1.82) is 0 Å². The Morgan fingerprint density at radius 3 is 2.43 bits per heavy atom. The zero-order valence-electron chi connectivity index (χ0n) is 23.9. The van der Waals surface area contributed by atoms with Crippen molar-refractivity contribution in [2.24, 2.45) is 17.8 Å². The molecule has 44 heavy (non-hydrogen) atoms. The molecule has 3 aromatic rings. The summed E-state index contributed by atoms with van der Waals surface area (Å²) >= 11 is 0. The molecule has 2 atom stereocenters. The van der Waals surface area contributed by atoms with Crippen LogP contribution in [0.25, 0.3) is 10.9 Å². The Balaban J connectivity index is 1.40. The molecule has 1 saturated heterocycles. The minimum absolute atomic E-state index is 0.000269. The zero-order chi connectivity index (χ0) is 31.9. The van der Waals surface area contributed by atoms with Gasteiger partial charge in [-0.3, -0.25) is 14.6 Å². The van der Waals surface area contributed by atoms with E-state index in [4.69, 9.17) is 9.47 Å². The Kier molecular flexibility index (Phi) is 10.2. The number of pyridine rings is 1. The highest BCUT2D eigenvalue weighted by Gasteiger charge is 2.44. The molecular weight excluding hydrogens is 585 g/mol. The van der Waals surface area contributed by atoms with Gasteiger partial charge in [-0.05, 0) is 48.2 Å². The highest BCUT2D eigenvalue weighted by atomic mass is 19.4. The molecule has 2 aromatic carbocycles. The molecule has 2 heterocycles. The van der Waals surface area contributed by atoms with E-state index in [0.29, 0.717) is 11.4 Å². The average molecular weight is 617 g/mol. The number of likely N-dealkylation sites (tertiary alicyclic amines) is 1. The number of aromatic nitrogens is 1. The zero-order valence-corrected chi connectivity index (χ0v) is 23.9. The van der Waals surface area contributed by atoms with E-state index in [9.17, 15) is 32.3 Å². The fourth-order valence-corrected chi connectivity index (χ4v) is 4.53. The van der Waals surface area contributed by atoms with Crippen molar-refractivity contribution in [1.82, 2.24) is 15.4 Å². The summed E-state index contributed by atoms with van der Waals surface area (Å²) in [7, 11) is 0. The summed E-state index contributed by atoms with van der Waals surface area (Å²) in [4.78, 5) is 59.0. The molecule has 0 radical (unpaired) electrons. The summed E-state index contributed by atoms with van der Waals surface area (Å²) in [5, 5.41) is 3.57. The molecular formula is C30H31F3N4O7. The Hall–Kier alpha value is -4.88. The molecule has 11 nitrogen and oxygen atoms in total. The highest BCUT2D eigenvalue weighted by Crippen LogP contribution is 2.28. The smallest absolute Gasteiger partial charge is 0.488 e. The van der Waals surface area contributed by atoms with Gasteiger partial charge in [0.1, 0.15) is 12.4 Å². The third-order valence-corrected chi connectivity index (χ3v) is 6.79. The van der Waals surface area contributed by atoms with Gasteiger partial charge in [0.2, 0.25) is 5.91 Å². The van der Waals surface area contributed by atoms with Gasteiger partial charge >= 0.3 is 18.2 Å². The fourth-order valence-electron chi connectivity index (χ4n) is 4.53. The van der Waals surface area contributed by atoms with Crippen LogP contribution >= 0.6 is 0 Å². The number of anilines is 1. The molecule has 3 amide bonds. The van der Waals surface area contributed by atoms with Crippen molar-refractivity contribution in [3.05, 3.63) is 66.4 Å². The number of hydrogen-bond acceptors (Lipinski definition) is 8. The molecule has 234 valence electrons. The van der Waals surface area contributed by atoms with Crippen molar-refractivity contribution < 1.29 is 46.7 Å². The number of carbonyl (C=O) groups excluding carboxylic acids is 4. The molecule has 1 aliphatic rings. The Morgan fingerprint density at radius 1 is 1.00 bits per heavy atom. The number of nitrogens with one attached hydrogen (secondary N) is 2. The molecule has 1 fully saturated rings. The summed E-state index contributed by atoms with van der Waals surface area (Å²) in [6.07, 6.45) is -4.42. The molecule has 1 aliphatic heterocycles. The average Bonchev–Trinajstić information content (AvgIpc) is 3.01. The van der Waals surface area contributed by atoms with E-state index in [1.807, 2.05) is 38.1 Å². The quantitative estimate of drug-likeness (QED) is 0.350. The second kappa shape index (κ2) is 14.1. The molecule has 2 unspecified atom stereocenters. The predicted octanol–water partition coefficient (Wildman–Crippen LogP) is 4.62. The largest absolute Gasteiger partial charge is 0.493 e. The van der Waals surface area contributed by atoms with E-state index < -0.39 is 41.9 Å². The van der Waals surface area contributed by atoms with Crippen molar-refractivity contribution in [3.8, 4) is 5.75 Å². The third kappa shape index (κ3) is 8.36. The number of carbonyl (C=O) groups is 4. The Bertz CT molecular complexity index is 1490. The van der Waals surface area contributed by atoms with Crippen LogP contribution in [0.3, 0.4) is 0 Å². The first-order valence-electron chi connectivity index (χ1n) is 13.8. The summed E-state index contributed by atoms with van der Waals surface area (Å²) in [6, 6.07) is 16.1. The maximum Gasteiger partial charge on any atom is 0.493 e. The first-order valence-corrected chi connectivity index (χ1v) is 13.8. The summed E-state index contributed by atoms with van der Waals surface area (Å²) in [5.41, 5.74) is 3.48. The van der Waals surface area contributed by atoms with E-state index in [2.05, 4.69) is 15.1 Å². The van der Waals surface area contributed by atoms with E-state index in [1.165, 1.54) is 10.4 Å². The number of hydroxylamine groups is 1. The number of benzene rings is 2. The normalized spacial score (nSPS) is 16.7. The lowest BCUT2D eigenvalue weighted by molar-refractivity contribution is -0.208. The van der Waals surface area contributed by atoms with Crippen LogP contribution in [-0.4, -0.2) is 59.6 Å². The summed E-state index contributed by atoms with van der Waals surface area (Å²) < 4.78 is 48.8. The van der Waals surface area contributed by atoms with Crippen molar-refractivity contribution in [3.63, 3.8) is 0 Å².